The molecule has 4 bridgehead atoms. The molecule has 7 heteroatoms. The molecule has 0 N–H and O–H groups in total. The Bertz CT molecular complexity index is 671. The van der Waals surface area contributed by atoms with Crippen molar-refractivity contribution >= 4 is 24.1 Å². The molecule has 148 valence electrons. The Hall–Kier alpha value is -1.66. The van der Waals surface area contributed by atoms with Gasteiger partial charge in [0.1, 0.15) is 6.61 Å². The molecule has 0 spiro atoms. The van der Waals surface area contributed by atoms with E-state index in [1.54, 1.807) is 0 Å². The van der Waals surface area contributed by atoms with E-state index in [-0.39, 0.29) is 18.1 Å². The molecule has 4 aliphatic carbocycles. The van der Waals surface area contributed by atoms with Gasteiger partial charge in [0, 0.05) is 24.2 Å². The Kier molecular flexibility index (Phi) is 5.77. The summed E-state index contributed by atoms with van der Waals surface area (Å²) in [5.74, 6) is 2.27. The number of hydrogen-bond acceptors (Lipinski definition) is 5. The minimum absolute atomic E-state index is 0. The second kappa shape index (κ2) is 7.76. The van der Waals surface area contributed by atoms with E-state index in [2.05, 4.69) is 11.9 Å². The third-order valence-electron chi connectivity index (χ3n) is 6.79. The summed E-state index contributed by atoms with van der Waals surface area (Å²) in [6.45, 7) is 1.10. The molecule has 1 aromatic rings. The van der Waals surface area contributed by atoms with Crippen molar-refractivity contribution in [2.45, 2.75) is 44.1 Å². The van der Waals surface area contributed by atoms with Crippen molar-refractivity contribution < 1.29 is 14.5 Å². The predicted molar refractivity (Wildman–Crippen MR) is 104 cm³/mol. The molecule has 0 heterocycles. The van der Waals surface area contributed by atoms with E-state index in [0.717, 1.165) is 24.3 Å². The van der Waals surface area contributed by atoms with E-state index in [9.17, 15) is 14.9 Å². The van der Waals surface area contributed by atoms with Crippen molar-refractivity contribution in [1.82, 2.24) is 4.90 Å². The third-order valence-corrected chi connectivity index (χ3v) is 6.79. The molecule has 4 fully saturated rings. The molecule has 0 unspecified atom stereocenters. The smallest absolute Gasteiger partial charge is 0.338 e. The fraction of sp³-hybridized carbons (Fsp3) is 0.650. The van der Waals surface area contributed by atoms with Crippen molar-refractivity contribution in [2.24, 2.45) is 17.8 Å². The molecule has 5 rings (SSSR count). The number of nitro groups is 1. The number of ether oxygens (including phenoxy) is 1. The number of benzene rings is 1. The summed E-state index contributed by atoms with van der Waals surface area (Å²) in [5, 5.41) is 10.7. The summed E-state index contributed by atoms with van der Waals surface area (Å²) in [7, 11) is 2.17. The van der Waals surface area contributed by atoms with Crippen molar-refractivity contribution in [3.63, 3.8) is 0 Å². The van der Waals surface area contributed by atoms with E-state index in [0.29, 0.717) is 17.7 Å². The van der Waals surface area contributed by atoms with Crippen LogP contribution in [0.1, 0.15) is 48.9 Å². The van der Waals surface area contributed by atoms with Gasteiger partial charge in [0.2, 0.25) is 0 Å². The van der Waals surface area contributed by atoms with Gasteiger partial charge in [-0.15, -0.1) is 12.4 Å². The predicted octanol–water partition coefficient (Wildman–Crippen LogP) is 4.07. The van der Waals surface area contributed by atoms with Gasteiger partial charge in [-0.25, -0.2) is 4.79 Å². The standard InChI is InChI=1S/C20H26N2O4.ClH/c1-21(20-11-14-8-15(12-20)10-16(9-14)13-20)6-7-26-19(23)17-2-4-18(5-3-17)22(24)25;/h2-5,14-16H,6-13H2,1H3;1H. The highest BCUT2D eigenvalue weighted by atomic mass is 35.5. The number of nitrogens with zero attached hydrogens (tertiary/aromatic N) is 2. The first kappa shape index (κ1) is 20.1. The van der Waals surface area contributed by atoms with E-state index in [1.165, 1.54) is 62.8 Å². The van der Waals surface area contributed by atoms with Crippen molar-refractivity contribution in [1.29, 1.82) is 0 Å². The van der Waals surface area contributed by atoms with E-state index in [1.807, 2.05) is 0 Å². The lowest BCUT2D eigenvalue weighted by atomic mass is 9.52. The number of carbonyl (C=O) groups is 1. The summed E-state index contributed by atoms with van der Waals surface area (Å²) >= 11 is 0. The molecule has 0 aliphatic heterocycles. The number of hydrogen-bond donors (Lipinski definition) is 0. The fourth-order valence-electron chi connectivity index (χ4n) is 5.85. The molecule has 0 radical (unpaired) electrons. The van der Waals surface area contributed by atoms with Crippen LogP contribution in [0.2, 0.25) is 0 Å². The summed E-state index contributed by atoms with van der Waals surface area (Å²) in [6.07, 6.45) is 8.15. The SMILES string of the molecule is CN(CCOC(=O)c1ccc([N+](=O)[O-])cc1)C12CC3CC(CC(C3)C1)C2.Cl. The van der Waals surface area contributed by atoms with Crippen LogP contribution in [-0.2, 0) is 4.74 Å². The molecule has 0 saturated heterocycles. The number of likely N-dealkylation sites (N-methyl/N-ethyl adjacent to an activating group) is 1. The second-order valence-corrected chi connectivity index (χ2v) is 8.50. The van der Waals surface area contributed by atoms with Crippen LogP contribution in [0.5, 0.6) is 0 Å². The number of rotatable bonds is 6. The lowest BCUT2D eigenvalue weighted by molar-refractivity contribution is -0.384. The third kappa shape index (κ3) is 3.97. The number of halogens is 1. The van der Waals surface area contributed by atoms with Crippen LogP contribution in [-0.4, -0.2) is 41.5 Å². The van der Waals surface area contributed by atoms with Gasteiger partial charge in [-0.05, 0) is 75.5 Å². The molecule has 4 saturated carbocycles. The summed E-state index contributed by atoms with van der Waals surface area (Å²) in [6, 6.07) is 5.56. The van der Waals surface area contributed by atoms with E-state index in [4.69, 9.17) is 4.74 Å². The van der Waals surface area contributed by atoms with Gasteiger partial charge in [0.15, 0.2) is 0 Å². The zero-order valence-electron chi connectivity index (χ0n) is 15.6. The van der Waals surface area contributed by atoms with Gasteiger partial charge in [0.05, 0.1) is 10.5 Å². The molecular weight excluding hydrogens is 368 g/mol. The maximum Gasteiger partial charge on any atom is 0.338 e. The van der Waals surface area contributed by atoms with Crippen LogP contribution in [0.3, 0.4) is 0 Å². The Morgan fingerprint density at radius 2 is 1.67 bits per heavy atom. The van der Waals surface area contributed by atoms with Gasteiger partial charge in [-0.2, -0.15) is 0 Å². The Morgan fingerprint density at radius 1 is 1.15 bits per heavy atom. The topological polar surface area (TPSA) is 72.7 Å². The van der Waals surface area contributed by atoms with Gasteiger partial charge >= 0.3 is 5.97 Å². The average Bonchev–Trinajstić information content (AvgIpc) is 2.60. The lowest BCUT2D eigenvalue weighted by Gasteiger charge is -2.60. The highest BCUT2D eigenvalue weighted by molar-refractivity contribution is 5.89. The van der Waals surface area contributed by atoms with Gasteiger partial charge in [0.25, 0.3) is 5.69 Å². The monoisotopic (exact) mass is 394 g/mol. The van der Waals surface area contributed by atoms with Crippen LogP contribution in [0.4, 0.5) is 5.69 Å². The summed E-state index contributed by atoms with van der Waals surface area (Å²) in [4.78, 5) is 24.8. The normalized spacial score (nSPS) is 30.8. The molecule has 6 nitrogen and oxygen atoms in total. The van der Waals surface area contributed by atoms with Crippen LogP contribution in [0.15, 0.2) is 24.3 Å². The molecule has 1 aromatic carbocycles. The van der Waals surface area contributed by atoms with Crippen molar-refractivity contribution in [3.8, 4) is 0 Å². The number of carbonyl (C=O) groups excluding carboxylic acids is 1. The first-order chi connectivity index (χ1) is 12.4. The maximum absolute atomic E-state index is 12.1. The first-order valence-electron chi connectivity index (χ1n) is 9.58. The van der Waals surface area contributed by atoms with Crippen LogP contribution in [0, 0.1) is 27.9 Å². The number of non-ortho nitro benzene ring substituents is 1. The quantitative estimate of drug-likeness (QED) is 0.413. The Balaban J connectivity index is 0.00000210. The summed E-state index contributed by atoms with van der Waals surface area (Å²) < 4.78 is 5.41. The zero-order chi connectivity index (χ0) is 18.3. The Labute approximate surface area is 165 Å². The van der Waals surface area contributed by atoms with Gasteiger partial charge in [-0.3, -0.25) is 15.0 Å². The molecule has 0 atom stereocenters. The molecule has 0 aromatic heterocycles. The van der Waals surface area contributed by atoms with Gasteiger partial charge in [-0.1, -0.05) is 0 Å². The largest absolute Gasteiger partial charge is 0.461 e. The van der Waals surface area contributed by atoms with Crippen LogP contribution in [0.25, 0.3) is 0 Å². The number of nitro benzene ring substituents is 1. The molecule has 0 amide bonds. The summed E-state index contributed by atoms with van der Waals surface area (Å²) in [5.41, 5.74) is 0.644. The fourth-order valence-corrected chi connectivity index (χ4v) is 5.85. The number of esters is 1. The van der Waals surface area contributed by atoms with Crippen molar-refractivity contribution in [2.75, 3.05) is 20.2 Å². The van der Waals surface area contributed by atoms with Crippen LogP contribution < -0.4 is 0 Å². The second-order valence-electron chi connectivity index (χ2n) is 8.50. The van der Waals surface area contributed by atoms with Crippen molar-refractivity contribution in [3.05, 3.63) is 39.9 Å². The van der Waals surface area contributed by atoms with Crippen LogP contribution >= 0.6 is 12.4 Å². The Morgan fingerprint density at radius 3 is 2.15 bits per heavy atom. The minimum atomic E-state index is -0.477. The van der Waals surface area contributed by atoms with Gasteiger partial charge < -0.3 is 4.74 Å². The highest BCUT2D eigenvalue weighted by Gasteiger charge is 2.52. The molecular formula is C20H27ClN2O4. The maximum atomic E-state index is 12.1. The van der Waals surface area contributed by atoms with E-state index >= 15 is 0 Å². The average molecular weight is 395 g/mol. The van der Waals surface area contributed by atoms with E-state index < -0.39 is 10.9 Å². The zero-order valence-corrected chi connectivity index (χ0v) is 16.5. The molecule has 4 aliphatic rings. The highest BCUT2D eigenvalue weighted by Crippen LogP contribution is 2.57. The minimum Gasteiger partial charge on any atom is -0.461 e. The first-order valence-corrected chi connectivity index (χ1v) is 9.58. The lowest BCUT2D eigenvalue weighted by Crippen LogP contribution is -2.59. The molecule has 27 heavy (non-hydrogen) atoms.